The Morgan fingerprint density at radius 2 is 1.22 bits per heavy atom. The fourth-order valence-corrected chi connectivity index (χ4v) is 3.54. The second-order valence-corrected chi connectivity index (χ2v) is 8.21. The molecule has 0 radical (unpaired) electrons. The first-order valence-corrected chi connectivity index (χ1v) is 11.7. The predicted octanol–water partition coefficient (Wildman–Crippen LogP) is 5.36. The number of hydrogen-bond acceptors (Lipinski definition) is 4. The zero-order valence-electron chi connectivity index (χ0n) is 19.8. The maximum Gasteiger partial charge on any atom is 0.249 e. The fraction of sp³-hybridized carbons (Fsp3) is 0.133. The van der Waals surface area contributed by atoms with E-state index in [0.29, 0.717) is 18.0 Å². The molecule has 0 spiro atoms. The first kappa shape index (κ1) is 24.7. The topological polar surface area (TPSA) is 76.7 Å². The second kappa shape index (κ2) is 12.9. The Bertz CT molecular complexity index is 1230. The summed E-state index contributed by atoms with van der Waals surface area (Å²) < 4.78 is 11.6. The predicted molar refractivity (Wildman–Crippen MR) is 140 cm³/mol. The van der Waals surface area contributed by atoms with Crippen LogP contribution in [0, 0.1) is 0 Å². The van der Waals surface area contributed by atoms with E-state index < -0.39 is 6.04 Å². The van der Waals surface area contributed by atoms with Crippen molar-refractivity contribution in [1.29, 1.82) is 0 Å². The molecule has 6 heteroatoms. The molecular formula is C30H28N2O4. The van der Waals surface area contributed by atoms with Crippen LogP contribution < -0.4 is 15.4 Å². The minimum atomic E-state index is -0.856. The SMILES string of the molecule is O=C(Cc1ccccc1)NC(COCc1ccccc1)C(=O)Nc1ccc(Oc2ccccc2)cc1. The van der Waals surface area contributed by atoms with Crippen molar-refractivity contribution in [3.05, 3.63) is 126 Å². The highest BCUT2D eigenvalue weighted by Gasteiger charge is 2.21. The first-order valence-electron chi connectivity index (χ1n) is 11.7. The Balaban J connectivity index is 1.37. The van der Waals surface area contributed by atoms with Gasteiger partial charge < -0.3 is 20.1 Å². The number of hydrogen-bond donors (Lipinski definition) is 2. The third kappa shape index (κ3) is 7.82. The normalized spacial score (nSPS) is 11.3. The Morgan fingerprint density at radius 1 is 0.667 bits per heavy atom. The standard InChI is InChI=1S/C30H28N2O4/c33-29(20-23-10-4-1-5-11-23)32-28(22-35-21-24-12-6-2-7-13-24)30(34)31-25-16-18-27(19-17-25)36-26-14-8-3-9-15-26/h1-19,28H,20-22H2,(H,31,34)(H,32,33). The molecule has 6 nitrogen and oxygen atoms in total. The van der Waals surface area contributed by atoms with Gasteiger partial charge in [0.1, 0.15) is 17.5 Å². The summed E-state index contributed by atoms with van der Waals surface area (Å²) in [4.78, 5) is 25.7. The van der Waals surface area contributed by atoms with Crippen LogP contribution in [-0.2, 0) is 27.4 Å². The summed E-state index contributed by atoms with van der Waals surface area (Å²) in [6.45, 7) is 0.376. The second-order valence-electron chi connectivity index (χ2n) is 8.21. The molecule has 1 unspecified atom stereocenters. The summed E-state index contributed by atoms with van der Waals surface area (Å²) in [5, 5.41) is 5.68. The number of benzene rings is 4. The van der Waals surface area contributed by atoms with Crippen molar-refractivity contribution >= 4 is 17.5 Å². The van der Waals surface area contributed by atoms with Crippen LogP contribution in [0.2, 0.25) is 0 Å². The molecule has 1 atom stereocenters. The van der Waals surface area contributed by atoms with E-state index in [-0.39, 0.29) is 24.8 Å². The molecule has 4 rings (SSSR count). The lowest BCUT2D eigenvalue weighted by molar-refractivity contribution is -0.127. The van der Waals surface area contributed by atoms with Crippen LogP contribution in [-0.4, -0.2) is 24.5 Å². The van der Waals surface area contributed by atoms with Crippen molar-refractivity contribution in [3.8, 4) is 11.5 Å². The molecule has 0 fully saturated rings. The van der Waals surface area contributed by atoms with Crippen molar-refractivity contribution in [2.75, 3.05) is 11.9 Å². The van der Waals surface area contributed by atoms with Crippen LogP contribution >= 0.6 is 0 Å². The van der Waals surface area contributed by atoms with Gasteiger partial charge in [-0.1, -0.05) is 78.9 Å². The fourth-order valence-electron chi connectivity index (χ4n) is 3.54. The molecule has 0 aromatic heterocycles. The number of para-hydroxylation sites is 1. The molecule has 0 aliphatic carbocycles. The Morgan fingerprint density at radius 3 is 1.86 bits per heavy atom. The first-order chi connectivity index (χ1) is 17.7. The molecule has 0 aliphatic rings. The largest absolute Gasteiger partial charge is 0.457 e. The minimum absolute atomic E-state index is 0.0382. The molecule has 36 heavy (non-hydrogen) atoms. The van der Waals surface area contributed by atoms with Crippen LogP contribution in [0.15, 0.2) is 115 Å². The highest BCUT2D eigenvalue weighted by Crippen LogP contribution is 2.22. The average Bonchev–Trinajstić information content (AvgIpc) is 2.91. The monoisotopic (exact) mass is 480 g/mol. The molecule has 4 aromatic rings. The van der Waals surface area contributed by atoms with Gasteiger partial charge in [-0.25, -0.2) is 0 Å². The van der Waals surface area contributed by atoms with Crippen molar-refractivity contribution in [1.82, 2.24) is 5.32 Å². The van der Waals surface area contributed by atoms with Crippen molar-refractivity contribution in [3.63, 3.8) is 0 Å². The maximum atomic E-state index is 13.1. The van der Waals surface area contributed by atoms with E-state index in [9.17, 15) is 9.59 Å². The van der Waals surface area contributed by atoms with Crippen LogP contribution in [0.4, 0.5) is 5.69 Å². The summed E-state index contributed by atoms with van der Waals surface area (Å²) >= 11 is 0. The van der Waals surface area contributed by atoms with E-state index in [0.717, 1.165) is 16.9 Å². The number of rotatable bonds is 11. The summed E-state index contributed by atoms with van der Waals surface area (Å²) in [6, 6.07) is 34.7. The summed E-state index contributed by atoms with van der Waals surface area (Å²) in [6.07, 6.45) is 0.175. The van der Waals surface area contributed by atoms with Crippen molar-refractivity contribution in [2.45, 2.75) is 19.1 Å². The number of amides is 2. The third-order valence-electron chi connectivity index (χ3n) is 5.36. The molecule has 0 heterocycles. The average molecular weight is 481 g/mol. The van der Waals surface area contributed by atoms with Gasteiger partial charge in [0.05, 0.1) is 19.6 Å². The zero-order valence-corrected chi connectivity index (χ0v) is 19.8. The van der Waals surface area contributed by atoms with Crippen LogP contribution in [0.5, 0.6) is 11.5 Å². The number of nitrogens with one attached hydrogen (secondary N) is 2. The van der Waals surface area contributed by atoms with Crippen molar-refractivity contribution < 1.29 is 19.1 Å². The lowest BCUT2D eigenvalue weighted by atomic mass is 10.1. The van der Waals surface area contributed by atoms with Gasteiger partial charge in [0.25, 0.3) is 0 Å². The summed E-state index contributed by atoms with van der Waals surface area (Å²) in [5.74, 6) is 0.765. The summed E-state index contributed by atoms with van der Waals surface area (Å²) in [7, 11) is 0. The maximum absolute atomic E-state index is 13.1. The molecule has 0 aliphatic heterocycles. The Labute approximate surface area is 210 Å². The molecule has 0 saturated carbocycles. The van der Waals surface area contributed by atoms with Gasteiger partial charge in [0.2, 0.25) is 11.8 Å². The summed E-state index contributed by atoms with van der Waals surface area (Å²) in [5.41, 5.74) is 2.44. The molecule has 2 amide bonds. The molecule has 182 valence electrons. The van der Waals surface area contributed by atoms with Gasteiger partial charge in [0, 0.05) is 5.69 Å². The van der Waals surface area contributed by atoms with E-state index >= 15 is 0 Å². The van der Waals surface area contributed by atoms with Gasteiger partial charge in [-0.15, -0.1) is 0 Å². The molecular weight excluding hydrogens is 452 g/mol. The van der Waals surface area contributed by atoms with E-state index in [1.807, 2.05) is 91.0 Å². The van der Waals surface area contributed by atoms with Gasteiger partial charge >= 0.3 is 0 Å². The van der Waals surface area contributed by atoms with Gasteiger partial charge in [-0.05, 0) is 47.5 Å². The number of ether oxygens (including phenoxy) is 2. The number of anilines is 1. The highest BCUT2D eigenvalue weighted by molar-refractivity contribution is 5.97. The lowest BCUT2D eigenvalue weighted by Gasteiger charge is -2.19. The smallest absolute Gasteiger partial charge is 0.249 e. The molecule has 2 N–H and O–H groups in total. The van der Waals surface area contributed by atoms with Gasteiger partial charge in [-0.3, -0.25) is 9.59 Å². The third-order valence-corrected chi connectivity index (χ3v) is 5.36. The molecule has 0 saturated heterocycles. The highest BCUT2D eigenvalue weighted by atomic mass is 16.5. The van der Waals surface area contributed by atoms with E-state index in [2.05, 4.69) is 10.6 Å². The number of carbonyl (C=O) groups is 2. The van der Waals surface area contributed by atoms with Gasteiger partial charge in [0.15, 0.2) is 0 Å². The van der Waals surface area contributed by atoms with E-state index in [1.54, 1.807) is 24.3 Å². The van der Waals surface area contributed by atoms with Crippen molar-refractivity contribution in [2.24, 2.45) is 0 Å². The van der Waals surface area contributed by atoms with Crippen LogP contribution in [0.3, 0.4) is 0 Å². The molecule has 4 aromatic carbocycles. The lowest BCUT2D eigenvalue weighted by Crippen LogP contribution is -2.47. The Hall–Kier alpha value is -4.42. The van der Waals surface area contributed by atoms with Crippen LogP contribution in [0.1, 0.15) is 11.1 Å². The minimum Gasteiger partial charge on any atom is -0.457 e. The van der Waals surface area contributed by atoms with Gasteiger partial charge in [-0.2, -0.15) is 0 Å². The van der Waals surface area contributed by atoms with Crippen LogP contribution in [0.25, 0.3) is 0 Å². The zero-order chi connectivity index (χ0) is 25.0. The number of carbonyl (C=O) groups excluding carboxylic acids is 2. The quantitative estimate of drug-likeness (QED) is 0.303. The van der Waals surface area contributed by atoms with E-state index in [4.69, 9.17) is 9.47 Å². The Kier molecular flexibility index (Phi) is 8.84. The molecule has 0 bridgehead atoms. The van der Waals surface area contributed by atoms with E-state index in [1.165, 1.54) is 0 Å².